The molecule has 0 saturated carbocycles. The monoisotopic (exact) mass is 227 g/mol. The smallest absolute Gasteiger partial charge is 0.0300 e. The number of allylic oxidation sites excluding steroid dienone is 1. The van der Waals surface area contributed by atoms with Crippen molar-refractivity contribution in [3.05, 3.63) is 53.6 Å². The summed E-state index contributed by atoms with van der Waals surface area (Å²) < 4.78 is 0. The van der Waals surface area contributed by atoms with E-state index in [2.05, 4.69) is 56.1 Å². The SMILES string of the molecule is C=CCNC(C)c1cccc2c1C=CC(C)C2. The van der Waals surface area contributed by atoms with Crippen LogP contribution in [0.4, 0.5) is 0 Å². The minimum absolute atomic E-state index is 0.376. The third-order valence-corrected chi connectivity index (χ3v) is 3.40. The fourth-order valence-corrected chi connectivity index (χ4v) is 2.44. The Hall–Kier alpha value is -1.34. The highest BCUT2D eigenvalue weighted by atomic mass is 14.9. The molecule has 0 radical (unpaired) electrons. The van der Waals surface area contributed by atoms with Gasteiger partial charge in [0.15, 0.2) is 0 Å². The Balaban J connectivity index is 2.28. The van der Waals surface area contributed by atoms with Crippen molar-refractivity contribution < 1.29 is 0 Å². The van der Waals surface area contributed by atoms with E-state index in [4.69, 9.17) is 0 Å². The molecule has 1 N–H and O–H groups in total. The Kier molecular flexibility index (Phi) is 3.80. The summed E-state index contributed by atoms with van der Waals surface area (Å²) in [4.78, 5) is 0. The van der Waals surface area contributed by atoms with Gasteiger partial charge < -0.3 is 5.32 Å². The molecule has 1 aromatic carbocycles. The maximum absolute atomic E-state index is 3.75. The molecule has 0 amide bonds. The second-order valence-electron chi connectivity index (χ2n) is 4.88. The topological polar surface area (TPSA) is 12.0 Å². The number of nitrogens with one attached hydrogen (secondary N) is 1. The van der Waals surface area contributed by atoms with Crippen LogP contribution in [0.25, 0.3) is 6.08 Å². The lowest BCUT2D eigenvalue weighted by Crippen LogP contribution is -2.20. The number of rotatable bonds is 4. The molecule has 17 heavy (non-hydrogen) atoms. The van der Waals surface area contributed by atoms with Crippen LogP contribution in [0, 0.1) is 5.92 Å². The van der Waals surface area contributed by atoms with Crippen molar-refractivity contribution in [3.63, 3.8) is 0 Å². The Morgan fingerprint density at radius 2 is 2.35 bits per heavy atom. The van der Waals surface area contributed by atoms with Crippen molar-refractivity contribution in [2.75, 3.05) is 6.54 Å². The van der Waals surface area contributed by atoms with E-state index in [1.54, 1.807) is 0 Å². The summed E-state index contributed by atoms with van der Waals surface area (Å²) in [6.45, 7) is 9.08. The van der Waals surface area contributed by atoms with Gasteiger partial charge in [-0.3, -0.25) is 0 Å². The number of hydrogen-bond donors (Lipinski definition) is 1. The van der Waals surface area contributed by atoms with Crippen LogP contribution >= 0.6 is 0 Å². The summed E-state index contributed by atoms with van der Waals surface area (Å²) in [5.74, 6) is 0.661. The molecule has 0 heterocycles. The van der Waals surface area contributed by atoms with Gasteiger partial charge in [-0.05, 0) is 36.0 Å². The first-order chi connectivity index (χ1) is 8.22. The standard InChI is InChI=1S/C16H21N/c1-4-10-17-13(3)15-7-5-6-14-11-12(2)8-9-16(14)15/h4-9,12-13,17H,1,10-11H2,2-3H3. The zero-order chi connectivity index (χ0) is 12.3. The van der Waals surface area contributed by atoms with Crippen LogP contribution in [0.3, 0.4) is 0 Å². The second-order valence-corrected chi connectivity index (χ2v) is 4.88. The molecule has 0 fully saturated rings. The van der Waals surface area contributed by atoms with E-state index in [1.165, 1.54) is 16.7 Å². The Morgan fingerprint density at radius 3 is 3.12 bits per heavy atom. The number of benzene rings is 1. The molecule has 1 aromatic rings. The van der Waals surface area contributed by atoms with Crippen molar-refractivity contribution in [1.29, 1.82) is 0 Å². The maximum Gasteiger partial charge on any atom is 0.0300 e. The van der Waals surface area contributed by atoms with Crippen LogP contribution in [0.15, 0.2) is 36.9 Å². The number of hydrogen-bond acceptors (Lipinski definition) is 1. The molecule has 1 aliphatic carbocycles. The summed E-state index contributed by atoms with van der Waals surface area (Å²) in [6.07, 6.45) is 7.66. The lowest BCUT2D eigenvalue weighted by molar-refractivity contribution is 0.613. The zero-order valence-electron chi connectivity index (χ0n) is 10.7. The van der Waals surface area contributed by atoms with Gasteiger partial charge in [-0.25, -0.2) is 0 Å². The predicted molar refractivity (Wildman–Crippen MR) is 75.0 cm³/mol. The molecule has 1 nitrogen and oxygen atoms in total. The quantitative estimate of drug-likeness (QED) is 0.773. The van der Waals surface area contributed by atoms with Crippen LogP contribution in [-0.4, -0.2) is 6.54 Å². The molecule has 0 aromatic heterocycles. The van der Waals surface area contributed by atoms with E-state index >= 15 is 0 Å². The predicted octanol–water partition coefficient (Wildman–Crippen LogP) is 3.73. The van der Waals surface area contributed by atoms with Gasteiger partial charge >= 0.3 is 0 Å². The van der Waals surface area contributed by atoms with E-state index in [0.717, 1.165) is 13.0 Å². The average Bonchev–Trinajstić information content (AvgIpc) is 2.34. The highest BCUT2D eigenvalue weighted by Gasteiger charge is 2.15. The fraction of sp³-hybridized carbons (Fsp3) is 0.375. The molecular formula is C16H21N. The normalized spacial score (nSPS) is 19.8. The van der Waals surface area contributed by atoms with Crippen molar-refractivity contribution in [1.82, 2.24) is 5.32 Å². The summed E-state index contributed by atoms with van der Waals surface area (Å²) in [7, 11) is 0. The Morgan fingerprint density at radius 1 is 1.53 bits per heavy atom. The Labute approximate surface area is 104 Å². The van der Waals surface area contributed by atoms with E-state index < -0.39 is 0 Å². The summed E-state index contributed by atoms with van der Waals surface area (Å²) >= 11 is 0. The highest BCUT2D eigenvalue weighted by Crippen LogP contribution is 2.28. The minimum Gasteiger partial charge on any atom is -0.307 e. The van der Waals surface area contributed by atoms with Gasteiger partial charge in [0.25, 0.3) is 0 Å². The van der Waals surface area contributed by atoms with Crippen molar-refractivity contribution in [2.24, 2.45) is 5.92 Å². The summed E-state index contributed by atoms with van der Waals surface area (Å²) in [5, 5.41) is 3.46. The van der Waals surface area contributed by atoms with Crippen molar-refractivity contribution in [3.8, 4) is 0 Å². The van der Waals surface area contributed by atoms with E-state index in [-0.39, 0.29) is 0 Å². The van der Waals surface area contributed by atoms with Crippen LogP contribution in [0.2, 0.25) is 0 Å². The van der Waals surface area contributed by atoms with Crippen LogP contribution in [0.1, 0.15) is 36.6 Å². The molecular weight excluding hydrogens is 206 g/mol. The first-order valence-electron chi connectivity index (χ1n) is 6.36. The molecule has 2 unspecified atom stereocenters. The van der Waals surface area contributed by atoms with Crippen LogP contribution < -0.4 is 5.32 Å². The molecule has 90 valence electrons. The van der Waals surface area contributed by atoms with Gasteiger partial charge in [0, 0.05) is 12.6 Å². The minimum atomic E-state index is 0.376. The zero-order valence-corrected chi connectivity index (χ0v) is 10.7. The summed E-state index contributed by atoms with van der Waals surface area (Å²) in [6, 6.07) is 7.02. The van der Waals surface area contributed by atoms with Crippen LogP contribution in [-0.2, 0) is 6.42 Å². The van der Waals surface area contributed by atoms with Gasteiger partial charge in [0.2, 0.25) is 0 Å². The first kappa shape index (κ1) is 12.1. The van der Waals surface area contributed by atoms with E-state index in [9.17, 15) is 0 Å². The second kappa shape index (κ2) is 5.33. The third-order valence-electron chi connectivity index (χ3n) is 3.40. The van der Waals surface area contributed by atoms with Gasteiger partial charge in [-0.2, -0.15) is 0 Å². The fourth-order valence-electron chi connectivity index (χ4n) is 2.44. The molecule has 0 spiro atoms. The molecule has 1 heteroatoms. The van der Waals surface area contributed by atoms with Gasteiger partial charge in [0.05, 0.1) is 0 Å². The Bertz CT molecular complexity index is 431. The van der Waals surface area contributed by atoms with Gasteiger partial charge in [-0.1, -0.05) is 43.4 Å². The van der Waals surface area contributed by atoms with E-state index in [0.29, 0.717) is 12.0 Å². The third kappa shape index (κ3) is 2.67. The molecule has 0 saturated heterocycles. The molecule has 1 aliphatic rings. The molecule has 0 bridgehead atoms. The average molecular weight is 227 g/mol. The van der Waals surface area contributed by atoms with Crippen molar-refractivity contribution >= 4 is 6.08 Å². The lowest BCUT2D eigenvalue weighted by Gasteiger charge is -2.22. The summed E-state index contributed by atoms with van der Waals surface area (Å²) in [5.41, 5.74) is 4.28. The maximum atomic E-state index is 3.75. The van der Waals surface area contributed by atoms with Gasteiger partial charge in [0.1, 0.15) is 0 Å². The van der Waals surface area contributed by atoms with E-state index in [1.807, 2.05) is 6.08 Å². The molecule has 2 atom stereocenters. The highest BCUT2D eigenvalue weighted by molar-refractivity contribution is 5.61. The van der Waals surface area contributed by atoms with Crippen LogP contribution in [0.5, 0.6) is 0 Å². The first-order valence-corrected chi connectivity index (χ1v) is 6.36. The largest absolute Gasteiger partial charge is 0.307 e. The number of fused-ring (bicyclic) bond motifs is 1. The molecule has 2 rings (SSSR count). The lowest BCUT2D eigenvalue weighted by atomic mass is 9.86. The molecule has 0 aliphatic heterocycles. The van der Waals surface area contributed by atoms with Gasteiger partial charge in [-0.15, -0.1) is 6.58 Å². The van der Waals surface area contributed by atoms with Crippen molar-refractivity contribution in [2.45, 2.75) is 26.3 Å².